The second-order valence-electron chi connectivity index (χ2n) is 20.6. The van der Waals surface area contributed by atoms with Crippen LogP contribution in [0.15, 0.2) is 22.5 Å². The minimum atomic E-state index is -6.85. The number of ketones is 2. The van der Waals surface area contributed by atoms with Crippen molar-refractivity contribution in [2.75, 3.05) is 42.7 Å². The van der Waals surface area contributed by atoms with Crippen LogP contribution in [0, 0.1) is 44.4 Å². The molecule has 6 rings (SSSR count). The van der Waals surface area contributed by atoms with E-state index in [9.17, 15) is 103 Å². The molecule has 6 aliphatic rings. The molecule has 0 bridgehead atoms. The first-order chi connectivity index (χ1) is 53.1. The molecule has 0 amide bonds. The van der Waals surface area contributed by atoms with Gasteiger partial charge in [0.2, 0.25) is 0 Å². The zero-order valence-electron chi connectivity index (χ0n) is 71.1. The fourth-order valence-electron chi connectivity index (χ4n) is 9.04. The van der Waals surface area contributed by atoms with E-state index in [2.05, 4.69) is 64.0 Å². The molecule has 125 heavy (non-hydrogen) atoms. The molecule has 0 aliphatic heterocycles. The number of Topliss-reactive ketones (excluding diaryl/α,β-unsaturated/α-hetero) is 2. The number of carbonyl (C=O) groups is 8. The van der Waals surface area contributed by atoms with E-state index in [1.54, 1.807) is 138 Å². The topological polar surface area (TPSA) is 435 Å². The average molecular weight is 3900 g/mol. The Balaban J connectivity index is -0.0000000359. The smallest absolute Gasteiger partial charge is 2.00 e. The summed E-state index contributed by atoms with van der Waals surface area (Å²) in [5.74, 6) is -1.40. The van der Waals surface area contributed by atoms with Crippen molar-refractivity contribution in [1.29, 1.82) is 0 Å². The summed E-state index contributed by atoms with van der Waals surface area (Å²) < 4.78 is 248. The van der Waals surface area contributed by atoms with E-state index in [0.717, 1.165) is 96.2 Å². The second kappa shape index (κ2) is 139. The van der Waals surface area contributed by atoms with Gasteiger partial charge in [0.15, 0.2) is 0 Å². The summed E-state index contributed by atoms with van der Waals surface area (Å²) in [7, 11) is -11.6. The van der Waals surface area contributed by atoms with Crippen molar-refractivity contribution in [2.24, 2.45) is 29.6 Å². The Labute approximate surface area is 1020 Å². The number of hydrogen-bond donors (Lipinski definition) is 1. The number of carbonyl (C=O) groups excluding carboxylic acids is 7. The Kier molecular flexibility index (Phi) is 225. The van der Waals surface area contributed by atoms with Crippen LogP contribution >= 0.6 is 0 Å². The summed E-state index contributed by atoms with van der Waals surface area (Å²) in [5.41, 5.74) is -16.1. The van der Waals surface area contributed by atoms with Gasteiger partial charge >= 0.3 is 572 Å². The van der Waals surface area contributed by atoms with Crippen LogP contribution in [0.5, 0.6) is 0 Å². The molecule has 5 unspecified atom stereocenters. The molecule has 29 nitrogen and oxygen atoms in total. The van der Waals surface area contributed by atoms with E-state index in [1.807, 2.05) is 17.5 Å². The van der Waals surface area contributed by atoms with Gasteiger partial charge in [-0.1, -0.05) is 80.2 Å². The molecule has 0 aromatic rings. The number of allylic oxidation sites excluding steroid dienone is 2. The molecule has 6 aliphatic carbocycles. The normalized spacial score (nSPS) is 15.7. The van der Waals surface area contributed by atoms with E-state index < -0.39 is 76.7 Å². The van der Waals surface area contributed by atoms with Crippen molar-refractivity contribution in [3.8, 4) is 0 Å². The number of hydrogen-bond acceptors (Lipinski definition) is 28. The van der Waals surface area contributed by atoms with Gasteiger partial charge in [0.1, 0.15) is 23.2 Å². The summed E-state index contributed by atoms with van der Waals surface area (Å²) in [5, 5.41) is 8.71. The minimum absolute atomic E-state index is 0. The van der Waals surface area contributed by atoms with Crippen LogP contribution in [-0.4, -0.2) is 560 Å². The molecule has 0 saturated heterocycles. The van der Waals surface area contributed by atoms with Gasteiger partial charge in [0, 0.05) is 31.3 Å². The molecule has 5 atom stereocenters. The molecular formula is C65H131F9O29S3Sb18Zn. The number of methoxy groups -OCH3 is 6. The van der Waals surface area contributed by atoms with Crippen molar-refractivity contribution >= 4 is 501 Å². The Morgan fingerprint density at radius 2 is 0.640 bits per heavy atom. The number of carboxylic acids is 1. The van der Waals surface area contributed by atoms with Gasteiger partial charge in [0.05, 0.1) is 60.1 Å². The molecule has 60 heteroatoms. The van der Waals surface area contributed by atoms with Crippen LogP contribution in [-0.2, 0) is 138 Å². The molecule has 24 radical (unpaired) electrons. The van der Waals surface area contributed by atoms with Gasteiger partial charge in [-0.25, -0.2) is 14.4 Å². The van der Waals surface area contributed by atoms with Gasteiger partial charge in [-0.15, -0.1) is 3.63 Å². The van der Waals surface area contributed by atoms with Gasteiger partial charge < -0.3 is 52.6 Å². The first-order valence-corrected chi connectivity index (χ1v) is 57.6. The Bertz CT molecular complexity index is 2820. The van der Waals surface area contributed by atoms with E-state index in [0.29, 0.717) is 181 Å². The number of esters is 4. The molecule has 0 aromatic heterocycles. The third kappa shape index (κ3) is 113. The van der Waals surface area contributed by atoms with Crippen molar-refractivity contribution in [2.45, 2.75) is 249 Å². The van der Waals surface area contributed by atoms with Gasteiger partial charge in [0.25, 0.3) is 0 Å². The number of rotatable bonds is 9. The van der Waals surface area contributed by atoms with Gasteiger partial charge in [-0.3, -0.25) is 24.0 Å². The first kappa shape index (κ1) is 203. The average Bonchev–Trinajstić information content (AvgIpc) is 0.779. The molecule has 1 N–H and O–H groups in total. The van der Waals surface area contributed by atoms with Gasteiger partial charge in [-0.05, 0) is 115 Å². The Hall–Kier alpha value is 8.57. The SMILES string of the molecule is C.C.C.CC1CCCCC1C(=O)O.COC(=O)C1=C(C)CCCC1.COC(=O)C1=C(OS(=O)(=O)C(F)(F)F)CCCC1.COC(=O)C1CCCCC1=O.COC(=O)C1CCCCC1C.COC(=O)OC.O=C1CCCCC1.O=S(=O)(OS(=O)(=O)C(F)(F)F)C(F)(F)F.[CH3-].[CH3-].[CH3][Sb].[CH3][Sb].[CH3][Sb].[CH3][Sb].[CH3][Sb].[CH3][Sb].[O]=[Sb].[O]=[Sb].[O]=[Sb].[O]=[Sb].[O]=[Sb].[O]=[Sb].[SbH2].[SbH2].[SbH2].[SbH2].[SbH2].[SbH2].[Zn+2]. The number of aliphatic carboxylic acids is 1. The molecule has 0 heterocycles. The standard InChI is InChI=1S/C9H11F3O5S.C9H16O2.C9H14O2.C8H12O3.C8H14O2.C6H10O.C3H6O3.C2F6O5S2.3CH4.8CH3.6O.18Sb.Zn.12H/c1-16-8(13)6-4-2-3-5-7(6)17-18(14,15)9(10,11)12;2*1-7-5-3-4-6-8(7)9(10)11-2;1-11-8(10)6-4-2-3-5-7(6)9;1-6-4-2-3-5-7(6)8(9)10;7-6-4-2-1-3-5-6;1-5-3(4)6-2;3-1(4,5)14(9,10)13-15(11,12)2(6,7)8;;;;;;;;;;;;;;;;;;;;;;;;;;;;;;;;;;;;;;;;;;;;;;;;/h2-5H2,1H3;7-8H,3-6H2,1-2H3;3-6H2,1-2H3;6H,2-5H2,1H3;6-7H,2-5H2,1H3,(H,9,10);1-5H2;1-2H3;;3*1H4;8*1H3;;;;;;;;;;;;;;;;;;;;;;;;;;;;;;;;;;;;;/q;;;;;;;;;;;;;;;;;2*-1;;;;;;;;;;;;;;;;;;;;;;;;;+2;;;;;;;;;;;;. The van der Waals surface area contributed by atoms with E-state index in [1.165, 1.54) is 79.6 Å². The van der Waals surface area contributed by atoms with E-state index in [4.69, 9.17) is 27.9 Å². The largest absolute Gasteiger partial charge is 2.00 e. The van der Waals surface area contributed by atoms with E-state index in [-0.39, 0.29) is 257 Å². The van der Waals surface area contributed by atoms with Crippen molar-refractivity contribution in [3.63, 3.8) is 0 Å². The summed E-state index contributed by atoms with van der Waals surface area (Å²) in [4.78, 5) is 98.6. The molecule has 0 aromatic carbocycles. The monoisotopic (exact) mass is 3880 g/mol. The third-order valence-corrected chi connectivity index (χ3v) is 17.6. The molecule has 738 valence electrons. The van der Waals surface area contributed by atoms with Crippen LogP contribution in [0.3, 0.4) is 0 Å². The number of carboxylic acid groups (broad SMARTS) is 1. The van der Waals surface area contributed by atoms with Crippen LogP contribution in [0.2, 0.25) is 29.2 Å². The summed E-state index contributed by atoms with van der Waals surface area (Å²) in [6.07, 6.45) is 22.0. The summed E-state index contributed by atoms with van der Waals surface area (Å²) >= 11 is 13.5. The fourth-order valence-corrected chi connectivity index (χ4v) is 11.1. The number of alkyl halides is 9. The molecular weight excluding hydrogens is 3770 g/mol. The quantitative estimate of drug-likeness (QED) is 0.0360. The maximum atomic E-state index is 12.1. The zero-order valence-corrected chi connectivity index (χ0v) is 127. The molecule has 0 spiro atoms. The summed E-state index contributed by atoms with van der Waals surface area (Å²) in [6, 6.07) is 0. The zero-order chi connectivity index (χ0) is 93.1. The molecule has 4 fully saturated rings. The fraction of sp³-hybridized carbons (Fsp3) is 0.785. The van der Waals surface area contributed by atoms with Gasteiger partial charge in [-0.2, -0.15) is 64.8 Å². The Morgan fingerprint density at radius 1 is 0.368 bits per heavy atom. The van der Waals surface area contributed by atoms with Crippen molar-refractivity contribution < 1.29 is 182 Å². The summed E-state index contributed by atoms with van der Waals surface area (Å²) in [6.45, 7) is 6.20. The van der Waals surface area contributed by atoms with Crippen LogP contribution in [0.25, 0.3) is 0 Å². The first-order valence-electron chi connectivity index (χ1n) is 31.8. The third-order valence-electron chi connectivity index (χ3n) is 14.1. The predicted octanol–water partition coefficient (Wildman–Crippen LogP) is 6.86. The van der Waals surface area contributed by atoms with Crippen LogP contribution in [0.1, 0.15) is 204 Å². The second-order valence-corrected chi connectivity index (χ2v) is 25.4. The van der Waals surface area contributed by atoms with Crippen LogP contribution in [0.4, 0.5) is 44.3 Å². The Morgan fingerprint density at radius 3 is 0.888 bits per heavy atom. The van der Waals surface area contributed by atoms with E-state index >= 15 is 0 Å². The predicted molar refractivity (Wildman–Crippen MR) is 489 cm³/mol. The van der Waals surface area contributed by atoms with Crippen molar-refractivity contribution in [3.05, 3.63) is 37.3 Å². The maximum absolute atomic E-state index is 12.1. The van der Waals surface area contributed by atoms with Crippen LogP contribution < -0.4 is 0 Å². The molecule has 4 saturated carbocycles. The number of ether oxygens (including phenoxy) is 6. The number of halogens is 9. The van der Waals surface area contributed by atoms with Crippen molar-refractivity contribution in [1.82, 2.24) is 0 Å². The minimum Gasteiger partial charge on any atom is 2.00 e. The maximum Gasteiger partial charge on any atom is 2.00 e.